The molecule has 0 fully saturated rings. The van der Waals surface area contributed by atoms with Gasteiger partial charge < -0.3 is 0 Å². The zero-order chi connectivity index (χ0) is 8.65. The van der Waals surface area contributed by atoms with Gasteiger partial charge in [0.2, 0.25) is 0 Å². The first-order chi connectivity index (χ1) is 3.96. The first-order valence-electron chi connectivity index (χ1n) is 3.01. The predicted octanol–water partition coefficient (Wildman–Crippen LogP) is 1.95. The largest absolute Gasteiger partial charge is 0.269 e. The summed E-state index contributed by atoms with van der Waals surface area (Å²) in [6.07, 6.45) is 2.81. The molecule has 0 aromatic carbocycles. The molecule has 0 spiro atoms. The smallest absolute Gasteiger partial charge is 0.0852 e. The summed E-state index contributed by atoms with van der Waals surface area (Å²) in [6, 6.07) is 0. The Balaban J connectivity index is 4.34. The average molecular weight is 187 g/mol. The molecule has 0 aromatic rings. The van der Waals surface area contributed by atoms with Gasteiger partial charge in [-0.05, 0) is 20.8 Å². The van der Waals surface area contributed by atoms with Crippen LogP contribution in [-0.4, -0.2) is 22.3 Å². The highest BCUT2D eigenvalue weighted by Gasteiger charge is 2.24. The molecular weight excluding hydrogens is 172 g/mol. The Morgan fingerprint density at radius 3 is 1.60 bits per heavy atom. The third-order valence-electron chi connectivity index (χ3n) is 0.482. The quantitative estimate of drug-likeness (QED) is 0.586. The second kappa shape index (κ2) is 2.19. The van der Waals surface area contributed by atoms with E-state index < -0.39 is 14.2 Å². The second-order valence-corrected chi connectivity index (χ2v) is 9.70. The number of hydrogen-bond acceptors (Lipinski definition) is 2. The lowest BCUT2D eigenvalue weighted by atomic mass is 10.2. The van der Waals surface area contributed by atoms with E-state index in [1.165, 1.54) is 12.5 Å². The Morgan fingerprint density at radius 1 is 1.30 bits per heavy atom. The van der Waals surface area contributed by atoms with Gasteiger partial charge in [-0.3, -0.25) is 4.18 Å². The summed E-state index contributed by atoms with van der Waals surface area (Å²) in [7, 11) is 2.31. The number of hydrogen-bond donors (Lipinski definition) is 0. The fourth-order valence-corrected chi connectivity index (χ4v) is 2.66. The molecule has 2 nitrogen and oxygen atoms in total. The van der Waals surface area contributed by atoms with Gasteiger partial charge in [-0.25, -0.2) is 0 Å². The molecule has 0 atom stereocenters. The zero-order valence-corrected chi connectivity index (χ0v) is 8.68. The van der Waals surface area contributed by atoms with Crippen molar-refractivity contribution in [3.63, 3.8) is 0 Å². The van der Waals surface area contributed by atoms with Gasteiger partial charge >= 0.3 is 0 Å². The molecule has 0 unspecified atom stereocenters. The lowest BCUT2D eigenvalue weighted by Gasteiger charge is -2.38. The third-order valence-corrected chi connectivity index (χ3v) is 1.64. The maximum atomic E-state index is 11.3. The SMILES string of the molecule is CC(C)(C)OS(C)(C)(=O)Cl. The standard InChI is InChI=1S/C6H15ClO2S/c1-6(2,3)9-10(4,5,7)8/h1-5H3. The lowest BCUT2D eigenvalue weighted by molar-refractivity contribution is 0.145. The summed E-state index contributed by atoms with van der Waals surface area (Å²) < 4.78 is 16.5. The van der Waals surface area contributed by atoms with Gasteiger partial charge in [-0.2, -0.15) is 4.21 Å². The normalized spacial score (nSPS) is 18.0. The highest BCUT2D eigenvalue weighted by Crippen LogP contribution is 2.30. The molecule has 0 aliphatic carbocycles. The lowest BCUT2D eigenvalue weighted by Crippen LogP contribution is -2.34. The van der Waals surface area contributed by atoms with Crippen LogP contribution in [0.5, 0.6) is 0 Å². The monoisotopic (exact) mass is 186 g/mol. The van der Waals surface area contributed by atoms with Crippen LogP contribution in [0.3, 0.4) is 0 Å². The zero-order valence-electron chi connectivity index (χ0n) is 7.10. The molecule has 0 aliphatic heterocycles. The molecule has 10 heavy (non-hydrogen) atoms. The minimum absolute atomic E-state index is 0.450. The second-order valence-electron chi connectivity index (χ2n) is 3.77. The molecule has 0 bridgehead atoms. The average Bonchev–Trinajstić information content (AvgIpc) is 1.09. The Labute approximate surface area is 67.0 Å². The van der Waals surface area contributed by atoms with Crippen molar-refractivity contribution >= 4 is 19.2 Å². The molecule has 0 aromatic heterocycles. The summed E-state index contributed by atoms with van der Waals surface area (Å²) >= 11 is 0. The third kappa shape index (κ3) is 8.40. The summed E-state index contributed by atoms with van der Waals surface area (Å²) in [5, 5.41) is 0. The van der Waals surface area contributed by atoms with Gasteiger partial charge in [-0.1, -0.05) is 0 Å². The Kier molecular flexibility index (Phi) is 2.28. The fraction of sp³-hybridized carbons (Fsp3) is 1.00. The summed E-state index contributed by atoms with van der Waals surface area (Å²) in [5.41, 5.74) is -0.450. The molecular formula is C6H15ClO2S. The van der Waals surface area contributed by atoms with Gasteiger partial charge in [-0.15, -0.1) is 8.56 Å². The van der Waals surface area contributed by atoms with E-state index in [0.29, 0.717) is 0 Å². The fourth-order valence-electron chi connectivity index (χ4n) is 0.697. The molecule has 0 saturated heterocycles. The molecule has 0 saturated carbocycles. The van der Waals surface area contributed by atoms with Crippen LogP contribution in [-0.2, 0) is 12.7 Å². The van der Waals surface area contributed by atoms with Gasteiger partial charge in [0.25, 0.3) is 0 Å². The summed E-state index contributed by atoms with van der Waals surface area (Å²) in [4.78, 5) is 0. The molecule has 64 valence electrons. The highest BCUT2D eigenvalue weighted by molar-refractivity contribution is 8.34. The number of halogens is 1. The summed E-state index contributed by atoms with van der Waals surface area (Å²) in [6.45, 7) is 5.45. The molecule has 0 amide bonds. The topological polar surface area (TPSA) is 26.3 Å². The molecule has 4 heteroatoms. The Bertz CT molecular complexity index is 175. The minimum Gasteiger partial charge on any atom is -0.269 e. The van der Waals surface area contributed by atoms with E-state index in [9.17, 15) is 4.21 Å². The number of rotatable bonds is 1. The maximum absolute atomic E-state index is 11.3. The summed E-state index contributed by atoms with van der Waals surface area (Å²) in [5.74, 6) is 0. The van der Waals surface area contributed by atoms with E-state index in [4.69, 9.17) is 14.9 Å². The first kappa shape index (κ1) is 10.4. The van der Waals surface area contributed by atoms with Crippen LogP contribution < -0.4 is 0 Å². The molecule has 0 N–H and O–H groups in total. The maximum Gasteiger partial charge on any atom is 0.0852 e. The van der Waals surface area contributed by atoms with Gasteiger partial charge in [0.15, 0.2) is 0 Å². The van der Waals surface area contributed by atoms with Crippen LogP contribution in [0.25, 0.3) is 0 Å². The van der Waals surface area contributed by atoms with Crippen molar-refractivity contribution in [2.24, 2.45) is 0 Å². The molecule has 0 radical (unpaired) electrons. The Hall–Kier alpha value is 0.400. The molecule has 0 heterocycles. The van der Waals surface area contributed by atoms with Crippen LogP contribution in [0, 0.1) is 0 Å². The van der Waals surface area contributed by atoms with Crippen molar-refractivity contribution in [3.05, 3.63) is 0 Å². The van der Waals surface area contributed by atoms with Crippen LogP contribution in [0.15, 0.2) is 0 Å². The van der Waals surface area contributed by atoms with Crippen LogP contribution in [0.2, 0.25) is 0 Å². The van der Waals surface area contributed by atoms with Crippen LogP contribution in [0.1, 0.15) is 20.8 Å². The van der Waals surface area contributed by atoms with Crippen molar-refractivity contribution in [1.82, 2.24) is 0 Å². The molecule has 0 aliphatic rings. The Morgan fingerprint density at radius 2 is 1.60 bits per heavy atom. The van der Waals surface area contributed by atoms with E-state index in [-0.39, 0.29) is 0 Å². The van der Waals surface area contributed by atoms with Crippen LogP contribution >= 0.6 is 10.7 Å². The predicted molar refractivity (Wildman–Crippen MR) is 46.7 cm³/mol. The highest BCUT2D eigenvalue weighted by atomic mass is 35.7. The minimum atomic E-state index is -3.30. The van der Waals surface area contributed by atoms with Gasteiger partial charge in [0.05, 0.1) is 5.60 Å². The van der Waals surface area contributed by atoms with Crippen molar-refractivity contribution in [2.75, 3.05) is 12.5 Å². The van der Waals surface area contributed by atoms with Gasteiger partial charge in [0.1, 0.15) is 0 Å². The van der Waals surface area contributed by atoms with E-state index in [0.717, 1.165) is 0 Å². The van der Waals surface area contributed by atoms with Crippen molar-refractivity contribution in [2.45, 2.75) is 26.4 Å². The first-order valence-corrected chi connectivity index (χ1v) is 6.54. The van der Waals surface area contributed by atoms with E-state index in [2.05, 4.69) is 0 Å². The van der Waals surface area contributed by atoms with E-state index in [1.807, 2.05) is 20.8 Å². The van der Waals surface area contributed by atoms with Crippen molar-refractivity contribution in [3.8, 4) is 0 Å². The van der Waals surface area contributed by atoms with E-state index >= 15 is 0 Å². The van der Waals surface area contributed by atoms with Crippen molar-refractivity contribution in [1.29, 1.82) is 0 Å². The molecule has 0 rings (SSSR count). The van der Waals surface area contributed by atoms with Gasteiger partial charge in [0, 0.05) is 23.2 Å². The van der Waals surface area contributed by atoms with E-state index in [1.54, 1.807) is 0 Å². The van der Waals surface area contributed by atoms with Crippen molar-refractivity contribution < 1.29 is 8.39 Å². The van der Waals surface area contributed by atoms with Crippen LogP contribution in [0.4, 0.5) is 0 Å².